The highest BCUT2D eigenvalue weighted by Gasteiger charge is 2.27. The maximum absolute atomic E-state index is 12.3. The minimum absolute atomic E-state index is 0. The molecule has 1 aromatic carbocycles. The van der Waals surface area contributed by atoms with Gasteiger partial charge in [-0.3, -0.25) is 4.79 Å². The fourth-order valence-electron chi connectivity index (χ4n) is 3.47. The van der Waals surface area contributed by atoms with E-state index in [0.29, 0.717) is 12.3 Å². The number of likely N-dealkylation sites (tertiary alicyclic amines) is 1. The Morgan fingerprint density at radius 2 is 2.04 bits per heavy atom. The van der Waals surface area contributed by atoms with Gasteiger partial charge in [0.05, 0.1) is 0 Å². The van der Waals surface area contributed by atoms with E-state index < -0.39 is 0 Å². The number of rotatable bonds is 9. The molecule has 0 radical (unpaired) electrons. The fraction of sp³-hybridized carbons (Fsp3) is 0.650. The highest BCUT2D eigenvalue weighted by Crippen LogP contribution is 2.18. The Morgan fingerprint density at radius 1 is 1.33 bits per heavy atom. The topological polar surface area (TPSA) is 67.6 Å². The van der Waals surface area contributed by atoms with E-state index in [4.69, 9.17) is 10.5 Å². The second-order valence-electron chi connectivity index (χ2n) is 7.01. The summed E-state index contributed by atoms with van der Waals surface area (Å²) in [5.74, 6) is 0.510. The van der Waals surface area contributed by atoms with E-state index in [0.717, 1.165) is 51.3 Å². The first-order valence-electron chi connectivity index (χ1n) is 9.50. The molecule has 0 saturated carbocycles. The van der Waals surface area contributed by atoms with Crippen LogP contribution in [0, 0.1) is 5.92 Å². The highest BCUT2D eigenvalue weighted by atomic mass is 35.5. The van der Waals surface area contributed by atoms with Crippen LogP contribution in [0.2, 0.25) is 0 Å². The second kappa shape index (κ2) is 14.2. The molecule has 3 unspecified atom stereocenters. The summed E-state index contributed by atoms with van der Waals surface area (Å²) < 4.78 is 5.40. The maximum Gasteiger partial charge on any atom is 0.222 e. The summed E-state index contributed by atoms with van der Waals surface area (Å²) in [6.45, 7) is 9.00. The minimum atomic E-state index is -0.241. The summed E-state index contributed by atoms with van der Waals surface area (Å²) in [7, 11) is 0. The summed E-state index contributed by atoms with van der Waals surface area (Å²) in [4.78, 5) is 14.8. The number of benzene rings is 1. The molecule has 3 N–H and O–H groups in total. The monoisotopic (exact) mass is 419 g/mol. The van der Waals surface area contributed by atoms with Crippen LogP contribution < -0.4 is 11.1 Å². The molecule has 156 valence electrons. The van der Waals surface area contributed by atoms with Gasteiger partial charge in [-0.2, -0.15) is 0 Å². The third-order valence-electron chi connectivity index (χ3n) is 4.94. The lowest BCUT2D eigenvalue weighted by molar-refractivity contribution is -0.122. The largest absolute Gasteiger partial charge is 0.382 e. The lowest BCUT2D eigenvalue weighted by Gasteiger charge is -2.37. The summed E-state index contributed by atoms with van der Waals surface area (Å²) >= 11 is 0. The van der Waals surface area contributed by atoms with Crippen LogP contribution in [0.3, 0.4) is 0 Å². The van der Waals surface area contributed by atoms with Crippen LogP contribution in [0.5, 0.6) is 0 Å². The summed E-state index contributed by atoms with van der Waals surface area (Å²) in [5, 5.41) is 3.20. The van der Waals surface area contributed by atoms with Gasteiger partial charge in [0.2, 0.25) is 5.91 Å². The molecular weight excluding hydrogens is 385 g/mol. The Balaban J connectivity index is 0.00000338. The zero-order valence-corrected chi connectivity index (χ0v) is 18.1. The quantitative estimate of drug-likeness (QED) is 0.603. The molecule has 0 aromatic heterocycles. The summed E-state index contributed by atoms with van der Waals surface area (Å²) in [6, 6.07) is 9.82. The molecule has 0 aliphatic carbocycles. The SMILES string of the molecule is CCOCCCN1CCC(NC(=O)CC(N)c2ccccc2)C(C)C1.Cl.Cl. The van der Waals surface area contributed by atoms with Crippen LogP contribution in [0.4, 0.5) is 0 Å². The zero-order chi connectivity index (χ0) is 18.1. The molecule has 27 heavy (non-hydrogen) atoms. The van der Waals surface area contributed by atoms with Crippen LogP contribution in [0.25, 0.3) is 0 Å². The first-order chi connectivity index (χ1) is 12.1. The predicted molar refractivity (Wildman–Crippen MR) is 116 cm³/mol. The van der Waals surface area contributed by atoms with Crippen molar-refractivity contribution in [2.45, 2.75) is 45.2 Å². The smallest absolute Gasteiger partial charge is 0.222 e. The van der Waals surface area contributed by atoms with E-state index in [-0.39, 0.29) is 42.8 Å². The van der Waals surface area contributed by atoms with Crippen molar-refractivity contribution in [3.05, 3.63) is 35.9 Å². The van der Waals surface area contributed by atoms with E-state index in [9.17, 15) is 4.79 Å². The van der Waals surface area contributed by atoms with Gasteiger partial charge in [-0.1, -0.05) is 37.3 Å². The first kappa shape index (κ1) is 26.1. The number of carbonyl (C=O) groups excluding carboxylic acids is 1. The lowest BCUT2D eigenvalue weighted by Crippen LogP contribution is -2.50. The third-order valence-corrected chi connectivity index (χ3v) is 4.94. The molecule has 1 aliphatic rings. The van der Waals surface area contributed by atoms with Gasteiger partial charge in [0, 0.05) is 51.4 Å². The summed E-state index contributed by atoms with van der Waals surface area (Å²) in [6.07, 6.45) is 2.41. The van der Waals surface area contributed by atoms with Crippen molar-refractivity contribution in [3.8, 4) is 0 Å². The number of halogens is 2. The van der Waals surface area contributed by atoms with Crippen molar-refractivity contribution < 1.29 is 9.53 Å². The van der Waals surface area contributed by atoms with E-state index in [1.807, 2.05) is 37.3 Å². The van der Waals surface area contributed by atoms with Gasteiger partial charge in [-0.25, -0.2) is 0 Å². The average molecular weight is 420 g/mol. The van der Waals surface area contributed by atoms with Crippen LogP contribution in [-0.2, 0) is 9.53 Å². The van der Waals surface area contributed by atoms with E-state index >= 15 is 0 Å². The molecule has 1 aromatic rings. The maximum atomic E-state index is 12.3. The fourth-order valence-corrected chi connectivity index (χ4v) is 3.47. The van der Waals surface area contributed by atoms with Gasteiger partial charge in [0.25, 0.3) is 0 Å². The van der Waals surface area contributed by atoms with Crippen LogP contribution in [-0.4, -0.2) is 49.7 Å². The number of hydrogen-bond acceptors (Lipinski definition) is 4. The standard InChI is InChI=1S/C20H33N3O2.2ClH/c1-3-25-13-7-11-23-12-10-19(16(2)15-23)22-20(24)14-18(21)17-8-5-4-6-9-17;;/h4-6,8-9,16,18-19H,3,7,10-15,21H2,1-2H3,(H,22,24);2*1H. The van der Waals surface area contributed by atoms with E-state index in [1.165, 1.54) is 0 Å². The highest BCUT2D eigenvalue weighted by molar-refractivity contribution is 5.85. The molecule has 0 spiro atoms. The van der Waals surface area contributed by atoms with Gasteiger partial charge in [-0.05, 0) is 31.2 Å². The molecule has 1 aliphatic heterocycles. The Morgan fingerprint density at radius 3 is 2.67 bits per heavy atom. The van der Waals surface area contributed by atoms with Crippen molar-refractivity contribution in [2.24, 2.45) is 11.7 Å². The van der Waals surface area contributed by atoms with Gasteiger partial charge in [0.15, 0.2) is 0 Å². The molecule has 7 heteroatoms. The Bertz CT molecular complexity index is 519. The number of ether oxygens (including phenoxy) is 1. The molecule has 3 atom stereocenters. The minimum Gasteiger partial charge on any atom is -0.382 e. The van der Waals surface area contributed by atoms with Crippen molar-refractivity contribution in [2.75, 3.05) is 32.8 Å². The second-order valence-corrected chi connectivity index (χ2v) is 7.01. The zero-order valence-electron chi connectivity index (χ0n) is 16.4. The molecule has 1 heterocycles. The number of amides is 1. The number of piperidine rings is 1. The number of nitrogens with one attached hydrogen (secondary N) is 1. The number of hydrogen-bond donors (Lipinski definition) is 2. The number of nitrogens with two attached hydrogens (primary N) is 1. The first-order valence-corrected chi connectivity index (χ1v) is 9.50. The molecule has 5 nitrogen and oxygen atoms in total. The summed E-state index contributed by atoms with van der Waals surface area (Å²) in [5.41, 5.74) is 7.17. The van der Waals surface area contributed by atoms with Crippen molar-refractivity contribution in [1.29, 1.82) is 0 Å². The third kappa shape index (κ3) is 9.26. The number of carbonyl (C=O) groups is 1. The lowest BCUT2D eigenvalue weighted by atomic mass is 9.93. The van der Waals surface area contributed by atoms with E-state index in [1.54, 1.807) is 0 Å². The van der Waals surface area contributed by atoms with Gasteiger partial charge >= 0.3 is 0 Å². The van der Waals surface area contributed by atoms with Crippen molar-refractivity contribution >= 4 is 30.7 Å². The van der Waals surface area contributed by atoms with Gasteiger partial charge in [-0.15, -0.1) is 24.8 Å². The van der Waals surface area contributed by atoms with Crippen molar-refractivity contribution in [3.63, 3.8) is 0 Å². The Labute approximate surface area is 176 Å². The Kier molecular flexibility index (Phi) is 13.7. The number of nitrogens with zero attached hydrogens (tertiary/aromatic N) is 1. The van der Waals surface area contributed by atoms with Crippen molar-refractivity contribution in [1.82, 2.24) is 10.2 Å². The average Bonchev–Trinajstić information content (AvgIpc) is 2.61. The molecule has 2 rings (SSSR count). The molecule has 1 fully saturated rings. The molecule has 1 saturated heterocycles. The van der Waals surface area contributed by atoms with Gasteiger partial charge in [0.1, 0.15) is 0 Å². The van der Waals surface area contributed by atoms with Crippen LogP contribution in [0.1, 0.15) is 44.7 Å². The van der Waals surface area contributed by atoms with Crippen LogP contribution in [0.15, 0.2) is 30.3 Å². The molecule has 0 bridgehead atoms. The van der Waals surface area contributed by atoms with Crippen LogP contribution >= 0.6 is 24.8 Å². The molecule has 1 amide bonds. The van der Waals surface area contributed by atoms with E-state index in [2.05, 4.69) is 17.1 Å². The normalized spacial score (nSPS) is 20.9. The molecular formula is C20H35Cl2N3O2. The predicted octanol–water partition coefficient (Wildman–Crippen LogP) is 3.17. The Hall–Kier alpha value is -0.850. The van der Waals surface area contributed by atoms with Gasteiger partial charge < -0.3 is 20.7 Å².